The summed E-state index contributed by atoms with van der Waals surface area (Å²) < 4.78 is 4.91. The molecular weight excluding hydrogens is 857 g/mol. The summed E-state index contributed by atoms with van der Waals surface area (Å²) >= 11 is 0. The van der Waals surface area contributed by atoms with Crippen molar-refractivity contribution < 1.29 is 0 Å². The monoisotopic (exact) mass is 902 g/mol. The summed E-state index contributed by atoms with van der Waals surface area (Å²) in [6, 6.07) is 90.9. The number of para-hydroxylation sites is 4. The molecule has 12 aromatic carbocycles. The predicted molar refractivity (Wildman–Crippen MR) is 302 cm³/mol. The molecular formula is C69H46N2. The highest BCUT2D eigenvalue weighted by molar-refractivity contribution is 6.23. The average Bonchev–Trinajstić information content (AvgIpc) is 4.02. The van der Waals surface area contributed by atoms with Crippen molar-refractivity contribution in [2.75, 3.05) is 0 Å². The van der Waals surface area contributed by atoms with E-state index >= 15 is 0 Å². The number of aromatic nitrogens is 2. The van der Waals surface area contributed by atoms with Crippen molar-refractivity contribution in [3.63, 3.8) is 0 Å². The first-order chi connectivity index (χ1) is 35.0. The van der Waals surface area contributed by atoms with Crippen LogP contribution in [-0.4, -0.2) is 9.13 Å². The van der Waals surface area contributed by atoms with Gasteiger partial charge < -0.3 is 9.13 Å². The molecule has 0 radical (unpaired) electrons. The summed E-state index contributed by atoms with van der Waals surface area (Å²) in [6.45, 7) is 4.74. The largest absolute Gasteiger partial charge is 0.309 e. The van der Waals surface area contributed by atoms with Crippen LogP contribution in [0.1, 0.15) is 25.0 Å². The third-order valence-electron chi connectivity index (χ3n) is 15.9. The molecule has 0 spiro atoms. The normalized spacial score (nSPS) is 13.0. The number of hydrogen-bond acceptors (Lipinski definition) is 0. The Morgan fingerprint density at radius 1 is 0.268 bits per heavy atom. The maximum Gasteiger partial charge on any atom is 0.0541 e. The maximum atomic E-state index is 2.47. The van der Waals surface area contributed by atoms with Crippen LogP contribution in [0.4, 0.5) is 0 Å². The quantitative estimate of drug-likeness (QED) is 0.152. The van der Waals surface area contributed by atoms with Crippen molar-refractivity contribution in [2.24, 2.45) is 0 Å². The molecule has 0 atom stereocenters. The van der Waals surface area contributed by atoms with Crippen LogP contribution >= 0.6 is 0 Å². The first-order valence-corrected chi connectivity index (χ1v) is 24.8. The van der Waals surface area contributed by atoms with E-state index in [4.69, 9.17) is 0 Å². The molecule has 0 bridgehead atoms. The molecule has 0 amide bonds. The van der Waals surface area contributed by atoms with Crippen molar-refractivity contribution in [1.29, 1.82) is 0 Å². The Balaban J connectivity index is 1.05. The molecule has 332 valence electrons. The molecule has 14 aromatic rings. The number of hydrogen-bond donors (Lipinski definition) is 0. The summed E-state index contributed by atoms with van der Waals surface area (Å²) in [7, 11) is 0. The van der Waals surface area contributed by atoms with Crippen molar-refractivity contribution in [1.82, 2.24) is 9.13 Å². The molecule has 1 aliphatic rings. The van der Waals surface area contributed by atoms with E-state index in [9.17, 15) is 0 Å². The fraction of sp³-hybridized carbons (Fsp3) is 0.0435. The zero-order chi connectivity index (χ0) is 47.0. The lowest BCUT2D eigenvalue weighted by atomic mass is 9.81. The minimum Gasteiger partial charge on any atom is -0.309 e. The Bertz CT molecular complexity index is 4450. The van der Waals surface area contributed by atoms with Gasteiger partial charge in [-0.1, -0.05) is 190 Å². The highest BCUT2D eigenvalue weighted by Gasteiger charge is 2.35. The van der Waals surface area contributed by atoms with Gasteiger partial charge in [0, 0.05) is 38.3 Å². The molecule has 0 fully saturated rings. The van der Waals surface area contributed by atoms with Crippen LogP contribution in [0.5, 0.6) is 0 Å². The van der Waals surface area contributed by atoms with Crippen molar-refractivity contribution in [3.8, 4) is 55.9 Å². The van der Waals surface area contributed by atoms with Crippen LogP contribution in [0.25, 0.3) is 132 Å². The van der Waals surface area contributed by atoms with E-state index in [1.165, 1.54) is 132 Å². The molecule has 71 heavy (non-hydrogen) atoms. The van der Waals surface area contributed by atoms with Gasteiger partial charge in [0.05, 0.1) is 22.1 Å². The molecule has 2 nitrogen and oxygen atoms in total. The lowest BCUT2D eigenvalue weighted by molar-refractivity contribution is 0.660. The molecule has 0 aliphatic heterocycles. The second-order valence-corrected chi connectivity index (χ2v) is 20.0. The van der Waals surface area contributed by atoms with E-state index in [2.05, 4.69) is 266 Å². The second-order valence-electron chi connectivity index (χ2n) is 20.0. The van der Waals surface area contributed by atoms with Gasteiger partial charge in [-0.15, -0.1) is 0 Å². The van der Waals surface area contributed by atoms with Gasteiger partial charge in [0.25, 0.3) is 0 Å². The average molecular weight is 903 g/mol. The molecule has 1 aliphatic carbocycles. The Hall–Kier alpha value is -8.98. The van der Waals surface area contributed by atoms with Crippen LogP contribution in [0.3, 0.4) is 0 Å². The standard InChI is InChI=1S/C69H46N2/c1-69(2)61-25-10-5-20-51(61)52-35-32-46(40-62(52)69)45-18-15-19-47(39-45)67-57-36-33-50(71-65-28-13-8-23-55(65)56-24-9-14-29-66(56)71)42-60(57)68(48-31-30-43-16-3-4-17-44(43)38-48)58-37-34-49(41-59(58)67)70-63-26-11-6-21-53(63)54-22-7-12-27-64(54)70/h3-42H,1-2H3. The molecule has 2 heteroatoms. The van der Waals surface area contributed by atoms with Gasteiger partial charge in [0.2, 0.25) is 0 Å². The van der Waals surface area contributed by atoms with Crippen molar-refractivity contribution in [2.45, 2.75) is 19.3 Å². The molecule has 0 saturated carbocycles. The number of benzene rings is 12. The minimum atomic E-state index is -0.0954. The van der Waals surface area contributed by atoms with Crippen molar-refractivity contribution >= 4 is 75.9 Å². The fourth-order valence-corrected chi connectivity index (χ4v) is 12.6. The summed E-state index contributed by atoms with van der Waals surface area (Å²) in [5, 5.41) is 12.3. The van der Waals surface area contributed by atoms with Gasteiger partial charge in [-0.25, -0.2) is 0 Å². The molecule has 0 saturated heterocycles. The fourth-order valence-electron chi connectivity index (χ4n) is 12.6. The Morgan fingerprint density at radius 2 is 0.718 bits per heavy atom. The first-order valence-electron chi connectivity index (χ1n) is 24.8. The third-order valence-corrected chi connectivity index (χ3v) is 15.9. The highest BCUT2D eigenvalue weighted by Crippen LogP contribution is 2.51. The van der Waals surface area contributed by atoms with E-state index in [-0.39, 0.29) is 5.41 Å². The molecule has 0 N–H and O–H groups in total. The lowest BCUT2D eigenvalue weighted by Crippen LogP contribution is -2.14. The zero-order valence-corrected chi connectivity index (χ0v) is 39.5. The predicted octanol–water partition coefficient (Wildman–Crippen LogP) is 18.6. The van der Waals surface area contributed by atoms with Gasteiger partial charge in [-0.2, -0.15) is 0 Å². The third kappa shape index (κ3) is 5.83. The molecule has 0 unspecified atom stereocenters. The van der Waals surface area contributed by atoms with E-state index in [1.807, 2.05) is 0 Å². The van der Waals surface area contributed by atoms with Crippen LogP contribution in [0, 0.1) is 0 Å². The maximum absolute atomic E-state index is 2.47. The van der Waals surface area contributed by atoms with Crippen LogP contribution in [0.15, 0.2) is 243 Å². The van der Waals surface area contributed by atoms with E-state index < -0.39 is 0 Å². The lowest BCUT2D eigenvalue weighted by Gasteiger charge is -2.22. The van der Waals surface area contributed by atoms with Crippen molar-refractivity contribution in [3.05, 3.63) is 254 Å². The van der Waals surface area contributed by atoms with Gasteiger partial charge in [-0.05, 0) is 155 Å². The molecule has 2 heterocycles. The number of nitrogens with zero attached hydrogens (tertiary/aromatic N) is 2. The van der Waals surface area contributed by atoms with Gasteiger partial charge in [-0.3, -0.25) is 0 Å². The van der Waals surface area contributed by atoms with E-state index in [1.54, 1.807) is 0 Å². The summed E-state index contributed by atoms with van der Waals surface area (Å²) in [5.41, 5.74) is 19.7. The number of fused-ring (bicyclic) bond motifs is 12. The van der Waals surface area contributed by atoms with Crippen LogP contribution in [-0.2, 0) is 5.41 Å². The smallest absolute Gasteiger partial charge is 0.0541 e. The van der Waals surface area contributed by atoms with E-state index in [0.29, 0.717) is 0 Å². The van der Waals surface area contributed by atoms with Crippen LogP contribution in [0.2, 0.25) is 0 Å². The minimum absolute atomic E-state index is 0.0954. The Labute approximate surface area is 411 Å². The van der Waals surface area contributed by atoms with Gasteiger partial charge >= 0.3 is 0 Å². The van der Waals surface area contributed by atoms with E-state index in [0.717, 1.165) is 11.4 Å². The van der Waals surface area contributed by atoms with Gasteiger partial charge in [0.15, 0.2) is 0 Å². The molecule has 15 rings (SSSR count). The summed E-state index contributed by atoms with van der Waals surface area (Å²) in [4.78, 5) is 0. The van der Waals surface area contributed by atoms with Crippen LogP contribution < -0.4 is 0 Å². The first kappa shape index (κ1) is 40.0. The zero-order valence-electron chi connectivity index (χ0n) is 39.5. The second kappa shape index (κ2) is 15.0. The Morgan fingerprint density at radius 3 is 1.31 bits per heavy atom. The molecule has 2 aromatic heterocycles. The SMILES string of the molecule is CC1(C)c2ccccc2-c2ccc(-c3cccc(-c4c5ccc(-n6c7ccccc7c7ccccc76)cc5c(-c5ccc6ccccc6c5)c5ccc(-n6c7ccccc7c7ccccc76)cc45)c3)cc21. The topological polar surface area (TPSA) is 9.86 Å². The highest BCUT2D eigenvalue weighted by atomic mass is 15.0. The summed E-state index contributed by atoms with van der Waals surface area (Å²) in [5.74, 6) is 0. The summed E-state index contributed by atoms with van der Waals surface area (Å²) in [6.07, 6.45) is 0. The van der Waals surface area contributed by atoms with Gasteiger partial charge in [0.1, 0.15) is 0 Å². The number of rotatable bonds is 5. The Kier molecular flexibility index (Phi) is 8.45.